The summed E-state index contributed by atoms with van der Waals surface area (Å²) < 4.78 is 2.20. The minimum atomic E-state index is 0.264. The molecule has 1 aromatic rings. The molecule has 4 nitrogen and oxygen atoms in total. The average Bonchev–Trinajstić information content (AvgIpc) is 2.72. The Balaban J connectivity index is 2.59. The maximum Gasteiger partial charge on any atom is 0.0951 e. The van der Waals surface area contributed by atoms with Crippen molar-refractivity contribution in [3.05, 3.63) is 18.2 Å². The Kier molecular flexibility index (Phi) is 5.49. The fourth-order valence-electron chi connectivity index (χ4n) is 1.79. The molecule has 0 aliphatic heterocycles. The fraction of sp³-hybridized carbons (Fsp3) is 0.750. The number of aromatic nitrogens is 2. The molecular weight excluding hydrogens is 202 g/mol. The first kappa shape index (κ1) is 13.2. The SMILES string of the molecule is CCN(CCCO)Cc1cncn1C(C)C. The molecule has 4 heteroatoms. The molecule has 0 unspecified atom stereocenters. The minimum absolute atomic E-state index is 0.264. The van der Waals surface area contributed by atoms with E-state index >= 15 is 0 Å². The van der Waals surface area contributed by atoms with Crippen LogP contribution in [0.15, 0.2) is 12.5 Å². The van der Waals surface area contributed by atoms with Gasteiger partial charge in [-0.2, -0.15) is 0 Å². The number of rotatable bonds is 7. The van der Waals surface area contributed by atoms with E-state index in [1.165, 1.54) is 5.69 Å². The Morgan fingerprint density at radius 1 is 1.50 bits per heavy atom. The van der Waals surface area contributed by atoms with Crippen LogP contribution in [0.5, 0.6) is 0 Å². The molecule has 1 heterocycles. The van der Waals surface area contributed by atoms with Gasteiger partial charge >= 0.3 is 0 Å². The third-order valence-electron chi connectivity index (χ3n) is 2.77. The Labute approximate surface area is 97.9 Å². The van der Waals surface area contributed by atoms with Crippen LogP contribution in [-0.2, 0) is 6.54 Å². The lowest BCUT2D eigenvalue weighted by molar-refractivity contribution is 0.221. The molecule has 1 N–H and O–H groups in total. The number of imidazole rings is 1. The van der Waals surface area contributed by atoms with E-state index in [-0.39, 0.29) is 6.61 Å². The standard InChI is InChI=1S/C12H23N3O/c1-4-14(6-5-7-16)9-12-8-13-10-15(12)11(2)3/h8,10-11,16H,4-7,9H2,1-3H3. The molecule has 1 aromatic heterocycles. The van der Waals surface area contributed by atoms with Crippen molar-refractivity contribution in [1.29, 1.82) is 0 Å². The van der Waals surface area contributed by atoms with Gasteiger partial charge in [0, 0.05) is 31.9 Å². The van der Waals surface area contributed by atoms with Crippen molar-refractivity contribution < 1.29 is 5.11 Å². The summed E-state index contributed by atoms with van der Waals surface area (Å²) in [6, 6.07) is 0.453. The number of aliphatic hydroxyl groups excluding tert-OH is 1. The molecule has 0 spiro atoms. The van der Waals surface area contributed by atoms with Crippen molar-refractivity contribution >= 4 is 0 Å². The van der Waals surface area contributed by atoms with Gasteiger partial charge in [-0.1, -0.05) is 6.92 Å². The molecule has 0 radical (unpaired) electrons. The highest BCUT2D eigenvalue weighted by Crippen LogP contribution is 2.11. The van der Waals surface area contributed by atoms with E-state index in [0.717, 1.165) is 26.1 Å². The van der Waals surface area contributed by atoms with Crippen molar-refractivity contribution in [3.8, 4) is 0 Å². The summed E-state index contributed by atoms with van der Waals surface area (Å²) in [6.45, 7) is 9.59. The molecule has 0 aliphatic carbocycles. The topological polar surface area (TPSA) is 41.3 Å². The highest BCUT2D eigenvalue weighted by Gasteiger charge is 2.09. The van der Waals surface area contributed by atoms with Crippen LogP contribution in [-0.4, -0.2) is 39.3 Å². The lowest BCUT2D eigenvalue weighted by Gasteiger charge is -2.21. The van der Waals surface area contributed by atoms with Crippen molar-refractivity contribution in [3.63, 3.8) is 0 Å². The van der Waals surface area contributed by atoms with E-state index in [1.807, 2.05) is 12.5 Å². The second-order valence-corrected chi connectivity index (χ2v) is 4.33. The third kappa shape index (κ3) is 3.61. The second-order valence-electron chi connectivity index (χ2n) is 4.33. The molecule has 92 valence electrons. The van der Waals surface area contributed by atoms with Gasteiger partial charge in [-0.15, -0.1) is 0 Å². The quantitative estimate of drug-likeness (QED) is 0.767. The second kappa shape index (κ2) is 6.66. The molecule has 0 aliphatic rings. The summed E-state index contributed by atoms with van der Waals surface area (Å²) in [5.74, 6) is 0. The molecule has 0 saturated heterocycles. The van der Waals surface area contributed by atoms with E-state index < -0.39 is 0 Å². The van der Waals surface area contributed by atoms with Gasteiger partial charge < -0.3 is 9.67 Å². The first-order chi connectivity index (χ1) is 7.69. The average molecular weight is 225 g/mol. The van der Waals surface area contributed by atoms with E-state index in [0.29, 0.717) is 6.04 Å². The van der Waals surface area contributed by atoms with Gasteiger partial charge in [0.25, 0.3) is 0 Å². The predicted molar refractivity (Wildman–Crippen MR) is 65.3 cm³/mol. The first-order valence-corrected chi connectivity index (χ1v) is 6.03. The van der Waals surface area contributed by atoms with Gasteiger partial charge in [0.15, 0.2) is 0 Å². The zero-order chi connectivity index (χ0) is 12.0. The molecule has 0 fully saturated rings. The highest BCUT2D eigenvalue weighted by atomic mass is 16.3. The highest BCUT2D eigenvalue weighted by molar-refractivity contribution is 4.99. The van der Waals surface area contributed by atoms with Crippen LogP contribution in [0.2, 0.25) is 0 Å². The zero-order valence-corrected chi connectivity index (χ0v) is 10.6. The van der Waals surface area contributed by atoms with Gasteiger partial charge in [0.05, 0.1) is 12.0 Å². The Morgan fingerprint density at radius 3 is 2.81 bits per heavy atom. The van der Waals surface area contributed by atoms with Crippen molar-refractivity contribution in [2.45, 2.75) is 39.8 Å². The van der Waals surface area contributed by atoms with E-state index in [1.54, 1.807) is 0 Å². The van der Waals surface area contributed by atoms with Crippen molar-refractivity contribution in [2.75, 3.05) is 19.7 Å². The van der Waals surface area contributed by atoms with E-state index in [9.17, 15) is 0 Å². The van der Waals surface area contributed by atoms with Gasteiger partial charge in [0.2, 0.25) is 0 Å². The van der Waals surface area contributed by atoms with E-state index in [4.69, 9.17) is 5.11 Å². The van der Waals surface area contributed by atoms with Crippen LogP contribution in [0.4, 0.5) is 0 Å². The summed E-state index contributed by atoms with van der Waals surface area (Å²) in [5, 5.41) is 8.84. The minimum Gasteiger partial charge on any atom is -0.396 e. The molecule has 0 aromatic carbocycles. The summed E-state index contributed by atoms with van der Waals surface area (Å²) in [6.07, 6.45) is 4.66. The van der Waals surface area contributed by atoms with Gasteiger partial charge in [-0.3, -0.25) is 4.90 Å². The number of aliphatic hydroxyl groups is 1. The lowest BCUT2D eigenvalue weighted by atomic mass is 10.3. The Bertz CT molecular complexity index is 296. The maximum absolute atomic E-state index is 8.84. The van der Waals surface area contributed by atoms with Gasteiger partial charge in [0.1, 0.15) is 0 Å². The zero-order valence-electron chi connectivity index (χ0n) is 10.6. The van der Waals surface area contributed by atoms with Crippen LogP contribution < -0.4 is 0 Å². The Morgan fingerprint density at radius 2 is 2.25 bits per heavy atom. The number of hydrogen-bond donors (Lipinski definition) is 1. The largest absolute Gasteiger partial charge is 0.396 e. The molecule has 1 rings (SSSR count). The van der Waals surface area contributed by atoms with Crippen molar-refractivity contribution in [1.82, 2.24) is 14.5 Å². The van der Waals surface area contributed by atoms with Crippen LogP contribution in [0.3, 0.4) is 0 Å². The van der Waals surface area contributed by atoms with Crippen LogP contribution in [0.1, 0.15) is 38.9 Å². The first-order valence-electron chi connectivity index (χ1n) is 6.03. The van der Waals surface area contributed by atoms with Crippen LogP contribution >= 0.6 is 0 Å². The number of nitrogens with zero attached hydrogens (tertiary/aromatic N) is 3. The maximum atomic E-state index is 8.84. The smallest absolute Gasteiger partial charge is 0.0951 e. The predicted octanol–water partition coefficient (Wildman–Crippen LogP) is 1.67. The van der Waals surface area contributed by atoms with Crippen LogP contribution in [0, 0.1) is 0 Å². The summed E-state index contributed by atoms with van der Waals surface area (Å²) in [4.78, 5) is 6.52. The van der Waals surface area contributed by atoms with Crippen LogP contribution in [0.25, 0.3) is 0 Å². The van der Waals surface area contributed by atoms with Crippen molar-refractivity contribution in [2.24, 2.45) is 0 Å². The Hall–Kier alpha value is -0.870. The normalized spacial score (nSPS) is 11.6. The van der Waals surface area contributed by atoms with Gasteiger partial charge in [-0.05, 0) is 26.8 Å². The number of hydrogen-bond acceptors (Lipinski definition) is 3. The van der Waals surface area contributed by atoms with E-state index in [2.05, 4.69) is 35.2 Å². The molecular formula is C12H23N3O. The monoisotopic (exact) mass is 225 g/mol. The molecule has 0 saturated carbocycles. The summed E-state index contributed by atoms with van der Waals surface area (Å²) in [5.41, 5.74) is 1.25. The lowest BCUT2D eigenvalue weighted by Crippen LogP contribution is -2.26. The fourth-order valence-corrected chi connectivity index (χ4v) is 1.79. The molecule has 0 amide bonds. The molecule has 16 heavy (non-hydrogen) atoms. The van der Waals surface area contributed by atoms with Gasteiger partial charge in [-0.25, -0.2) is 4.98 Å². The summed E-state index contributed by atoms with van der Waals surface area (Å²) >= 11 is 0. The summed E-state index contributed by atoms with van der Waals surface area (Å²) in [7, 11) is 0. The third-order valence-corrected chi connectivity index (χ3v) is 2.77. The molecule has 0 bridgehead atoms. The molecule has 0 atom stereocenters.